The van der Waals surface area contributed by atoms with E-state index in [2.05, 4.69) is 40.7 Å². The highest BCUT2D eigenvalue weighted by Gasteiger charge is 2.14. The van der Waals surface area contributed by atoms with E-state index in [9.17, 15) is 0 Å². The van der Waals surface area contributed by atoms with Crippen LogP contribution in [-0.4, -0.2) is 16.5 Å². The van der Waals surface area contributed by atoms with Crippen LogP contribution in [0.2, 0.25) is 0 Å². The van der Waals surface area contributed by atoms with E-state index < -0.39 is 0 Å². The number of rotatable bonds is 2. The molecule has 1 aromatic carbocycles. The third-order valence-corrected chi connectivity index (χ3v) is 3.90. The maximum absolute atomic E-state index is 5.55. The number of aromatic nitrogens is 2. The first-order valence-electron chi connectivity index (χ1n) is 5.77. The summed E-state index contributed by atoms with van der Waals surface area (Å²) in [5.74, 6) is 0.939. The molecule has 0 saturated heterocycles. The Balaban J connectivity index is 2.32. The number of thiazole rings is 1. The zero-order valence-corrected chi connectivity index (χ0v) is 11.4. The fourth-order valence-electron chi connectivity index (χ4n) is 2.33. The van der Waals surface area contributed by atoms with E-state index in [0.717, 1.165) is 27.5 Å². The number of aryl methyl sites for hydroxylation is 2. The van der Waals surface area contributed by atoms with Crippen LogP contribution in [0.4, 0.5) is 0 Å². The second kappa shape index (κ2) is 4.14. The Hall–Kier alpha value is -1.81. The Morgan fingerprint density at radius 1 is 1.28 bits per heavy atom. The van der Waals surface area contributed by atoms with Crippen LogP contribution in [0.25, 0.3) is 16.2 Å². The molecule has 0 aliphatic rings. The molecule has 3 nitrogen and oxygen atoms in total. The van der Waals surface area contributed by atoms with Gasteiger partial charge in [-0.15, -0.1) is 11.3 Å². The van der Waals surface area contributed by atoms with Gasteiger partial charge < -0.3 is 4.74 Å². The van der Waals surface area contributed by atoms with Gasteiger partial charge in [0.25, 0.3) is 0 Å². The van der Waals surface area contributed by atoms with Crippen LogP contribution in [0.3, 0.4) is 0 Å². The van der Waals surface area contributed by atoms with Gasteiger partial charge in [0.1, 0.15) is 5.75 Å². The molecule has 0 unspecified atom stereocenters. The highest BCUT2D eigenvalue weighted by molar-refractivity contribution is 7.15. The molecule has 0 fully saturated rings. The number of benzene rings is 1. The zero-order valence-electron chi connectivity index (χ0n) is 10.6. The van der Waals surface area contributed by atoms with Gasteiger partial charge in [-0.05, 0) is 31.0 Å². The Morgan fingerprint density at radius 3 is 2.89 bits per heavy atom. The van der Waals surface area contributed by atoms with Gasteiger partial charge in [-0.2, -0.15) is 0 Å². The van der Waals surface area contributed by atoms with Gasteiger partial charge in [0.15, 0.2) is 4.96 Å². The normalized spacial score (nSPS) is 11.1. The lowest BCUT2D eigenvalue weighted by Gasteiger charge is -2.12. The molecule has 92 valence electrons. The van der Waals surface area contributed by atoms with E-state index in [4.69, 9.17) is 4.74 Å². The first-order valence-corrected chi connectivity index (χ1v) is 6.65. The van der Waals surface area contributed by atoms with E-state index in [0.29, 0.717) is 0 Å². The average molecular weight is 258 g/mol. The molecule has 0 bridgehead atoms. The highest BCUT2D eigenvalue weighted by Crippen LogP contribution is 2.36. The first-order chi connectivity index (χ1) is 8.70. The molecular weight excluding hydrogens is 244 g/mol. The summed E-state index contributed by atoms with van der Waals surface area (Å²) in [4.78, 5) is 5.31. The van der Waals surface area contributed by atoms with Gasteiger partial charge in [-0.3, -0.25) is 4.40 Å². The lowest BCUT2D eigenvalue weighted by Crippen LogP contribution is -1.94. The Morgan fingerprint density at radius 2 is 2.11 bits per heavy atom. The molecule has 0 amide bonds. The van der Waals surface area contributed by atoms with Crippen molar-refractivity contribution in [3.05, 3.63) is 41.0 Å². The van der Waals surface area contributed by atoms with Crippen molar-refractivity contribution in [3.8, 4) is 17.0 Å². The van der Waals surface area contributed by atoms with E-state index in [1.807, 2.05) is 12.4 Å². The molecule has 4 heteroatoms. The quantitative estimate of drug-likeness (QED) is 0.701. The predicted molar refractivity (Wildman–Crippen MR) is 74.5 cm³/mol. The third-order valence-electron chi connectivity index (χ3n) is 3.04. The molecule has 2 heterocycles. The number of imidazole rings is 1. The molecule has 3 rings (SSSR count). The van der Waals surface area contributed by atoms with Gasteiger partial charge in [0.05, 0.1) is 12.8 Å². The molecule has 0 atom stereocenters. The standard InChI is InChI=1S/C14H14N2OS/c1-9-6-10(2)13(17-3)11(7-9)12-8-18-14-15-4-5-16(12)14/h4-8H,1-3H3. The molecule has 0 aliphatic heterocycles. The first kappa shape index (κ1) is 11.3. The summed E-state index contributed by atoms with van der Waals surface area (Å²) < 4.78 is 7.65. The summed E-state index contributed by atoms with van der Waals surface area (Å²) in [5.41, 5.74) is 4.66. The summed E-state index contributed by atoms with van der Waals surface area (Å²) in [6.07, 6.45) is 3.81. The highest BCUT2D eigenvalue weighted by atomic mass is 32.1. The van der Waals surface area contributed by atoms with Gasteiger partial charge >= 0.3 is 0 Å². The van der Waals surface area contributed by atoms with E-state index >= 15 is 0 Å². The summed E-state index contributed by atoms with van der Waals surface area (Å²) in [6, 6.07) is 4.30. The predicted octanol–water partition coefficient (Wildman–Crippen LogP) is 3.69. The lowest BCUT2D eigenvalue weighted by atomic mass is 10.0. The maximum atomic E-state index is 5.55. The van der Waals surface area contributed by atoms with Crippen molar-refractivity contribution < 1.29 is 4.74 Å². The Labute approximate surface area is 110 Å². The van der Waals surface area contributed by atoms with Crippen LogP contribution in [0.1, 0.15) is 11.1 Å². The number of nitrogens with zero attached hydrogens (tertiary/aromatic N) is 2. The SMILES string of the molecule is COc1c(C)cc(C)cc1-c1csc2nccn12. The monoisotopic (exact) mass is 258 g/mol. The number of ether oxygens (including phenoxy) is 1. The summed E-state index contributed by atoms with van der Waals surface area (Å²) in [5, 5.41) is 2.12. The largest absolute Gasteiger partial charge is 0.496 e. The summed E-state index contributed by atoms with van der Waals surface area (Å²) >= 11 is 1.64. The van der Waals surface area contributed by atoms with Gasteiger partial charge in [0.2, 0.25) is 0 Å². The fourth-order valence-corrected chi connectivity index (χ4v) is 3.19. The molecule has 18 heavy (non-hydrogen) atoms. The van der Waals surface area contributed by atoms with Crippen LogP contribution in [0, 0.1) is 13.8 Å². The van der Waals surface area contributed by atoms with E-state index in [-0.39, 0.29) is 0 Å². The Bertz CT molecular complexity index is 712. The molecule has 3 aromatic rings. The molecule has 0 N–H and O–H groups in total. The second-order valence-corrected chi connectivity index (χ2v) is 5.20. The number of hydrogen-bond donors (Lipinski definition) is 0. The second-order valence-electron chi connectivity index (χ2n) is 4.36. The van der Waals surface area contributed by atoms with Crippen molar-refractivity contribution in [2.45, 2.75) is 13.8 Å². The van der Waals surface area contributed by atoms with Crippen molar-refractivity contribution in [2.24, 2.45) is 0 Å². The van der Waals surface area contributed by atoms with Crippen LogP contribution >= 0.6 is 11.3 Å². The molecule has 0 saturated carbocycles. The van der Waals surface area contributed by atoms with Crippen molar-refractivity contribution in [2.75, 3.05) is 7.11 Å². The number of hydrogen-bond acceptors (Lipinski definition) is 3. The van der Waals surface area contributed by atoms with Gasteiger partial charge in [0, 0.05) is 23.3 Å². The number of fused-ring (bicyclic) bond motifs is 1. The smallest absolute Gasteiger partial charge is 0.194 e. The lowest BCUT2D eigenvalue weighted by molar-refractivity contribution is 0.413. The van der Waals surface area contributed by atoms with Gasteiger partial charge in [-0.25, -0.2) is 4.98 Å². The van der Waals surface area contributed by atoms with E-state index in [1.165, 1.54) is 5.56 Å². The molecule has 2 aromatic heterocycles. The van der Waals surface area contributed by atoms with Crippen molar-refractivity contribution in [1.82, 2.24) is 9.38 Å². The average Bonchev–Trinajstić information content (AvgIpc) is 2.89. The minimum absolute atomic E-state index is 0.939. The van der Waals surface area contributed by atoms with Crippen molar-refractivity contribution in [3.63, 3.8) is 0 Å². The molecule has 0 spiro atoms. The Kier molecular flexibility index (Phi) is 2.59. The van der Waals surface area contributed by atoms with Crippen LogP contribution < -0.4 is 4.74 Å². The zero-order chi connectivity index (χ0) is 12.7. The maximum Gasteiger partial charge on any atom is 0.194 e. The topological polar surface area (TPSA) is 26.5 Å². The minimum Gasteiger partial charge on any atom is -0.496 e. The van der Waals surface area contributed by atoms with Gasteiger partial charge in [-0.1, -0.05) is 6.07 Å². The number of methoxy groups -OCH3 is 1. The van der Waals surface area contributed by atoms with E-state index in [1.54, 1.807) is 18.4 Å². The van der Waals surface area contributed by atoms with Crippen LogP contribution in [0.15, 0.2) is 29.9 Å². The van der Waals surface area contributed by atoms with Crippen molar-refractivity contribution >= 4 is 16.3 Å². The van der Waals surface area contributed by atoms with Crippen molar-refractivity contribution in [1.29, 1.82) is 0 Å². The van der Waals surface area contributed by atoms with Crippen LogP contribution in [0.5, 0.6) is 5.75 Å². The molecular formula is C14H14N2OS. The molecule has 0 radical (unpaired) electrons. The summed E-state index contributed by atoms with van der Waals surface area (Å²) in [7, 11) is 1.72. The molecule has 0 aliphatic carbocycles. The summed E-state index contributed by atoms with van der Waals surface area (Å²) in [6.45, 7) is 4.18. The third kappa shape index (κ3) is 1.61. The fraction of sp³-hybridized carbons (Fsp3) is 0.214. The minimum atomic E-state index is 0.939. The van der Waals surface area contributed by atoms with Crippen LogP contribution in [-0.2, 0) is 0 Å².